The largest absolute Gasteiger partial charge is 0.497 e. The molecule has 0 bridgehead atoms. The number of aromatic nitrogens is 1. The minimum absolute atomic E-state index is 0.156. The van der Waals surface area contributed by atoms with Crippen LogP contribution in [-0.2, 0) is 17.9 Å². The maximum absolute atomic E-state index is 11.7. The first-order valence-corrected chi connectivity index (χ1v) is 8.14. The number of pyridine rings is 1. The number of carbonyl (C=O) groups excluding carboxylic acids is 1. The number of ether oxygens (including phenoxy) is 2. The lowest BCUT2D eigenvalue weighted by atomic mass is 10.1. The molecule has 0 atom stereocenters. The van der Waals surface area contributed by atoms with E-state index in [1.807, 2.05) is 30.3 Å². The van der Waals surface area contributed by atoms with Crippen LogP contribution in [0.1, 0.15) is 21.5 Å². The molecule has 3 rings (SSSR count). The maximum Gasteiger partial charge on any atom is 0.337 e. The molecular weight excluding hydrogens is 332 g/mol. The topological polar surface area (TPSA) is 80.7 Å². The summed E-state index contributed by atoms with van der Waals surface area (Å²) in [4.78, 5) is 16.2. The predicted octanol–water partition coefficient (Wildman–Crippen LogP) is 3.13. The first kappa shape index (κ1) is 17.7. The van der Waals surface area contributed by atoms with Crippen LogP contribution in [0.3, 0.4) is 0 Å². The van der Waals surface area contributed by atoms with Crippen molar-refractivity contribution in [2.45, 2.75) is 13.2 Å². The van der Waals surface area contributed by atoms with Gasteiger partial charge < -0.3 is 19.9 Å². The number of benzene rings is 2. The molecule has 2 aromatic carbocycles. The van der Waals surface area contributed by atoms with Gasteiger partial charge in [-0.05, 0) is 42.0 Å². The maximum atomic E-state index is 11.7. The molecule has 26 heavy (non-hydrogen) atoms. The van der Waals surface area contributed by atoms with Crippen LogP contribution in [0.5, 0.6) is 5.75 Å². The quantitative estimate of drug-likeness (QED) is 0.664. The van der Waals surface area contributed by atoms with Gasteiger partial charge in [0.1, 0.15) is 11.6 Å². The number of anilines is 1. The summed E-state index contributed by atoms with van der Waals surface area (Å²) in [6.07, 6.45) is 0. The minimum atomic E-state index is -0.404. The van der Waals surface area contributed by atoms with Crippen LogP contribution < -0.4 is 10.1 Å². The number of carbonyl (C=O) groups is 1. The van der Waals surface area contributed by atoms with Gasteiger partial charge in [-0.15, -0.1) is 0 Å². The number of hydrogen-bond donors (Lipinski definition) is 2. The van der Waals surface area contributed by atoms with Crippen LogP contribution in [0.2, 0.25) is 0 Å². The van der Waals surface area contributed by atoms with Gasteiger partial charge >= 0.3 is 5.97 Å². The highest BCUT2D eigenvalue weighted by molar-refractivity contribution is 5.95. The molecule has 1 heterocycles. The summed E-state index contributed by atoms with van der Waals surface area (Å²) in [7, 11) is 2.97. The standard InChI is InChI=1S/C20H20N2O4/c1-25-17-6-3-13(4-7-17)11-21-19-16(12-23)10-15-9-14(20(24)26-2)5-8-18(15)22-19/h3-10,23H,11-12H2,1-2H3,(H,21,22). The smallest absolute Gasteiger partial charge is 0.337 e. The predicted molar refractivity (Wildman–Crippen MR) is 99.3 cm³/mol. The fraction of sp³-hybridized carbons (Fsp3) is 0.200. The van der Waals surface area contributed by atoms with Crippen LogP contribution >= 0.6 is 0 Å². The van der Waals surface area contributed by atoms with Crippen molar-refractivity contribution in [1.29, 1.82) is 0 Å². The average Bonchev–Trinajstić information content (AvgIpc) is 2.70. The lowest BCUT2D eigenvalue weighted by Gasteiger charge is -2.12. The molecule has 0 saturated heterocycles. The van der Waals surface area contributed by atoms with Crippen molar-refractivity contribution in [3.63, 3.8) is 0 Å². The second kappa shape index (κ2) is 7.84. The molecule has 0 spiro atoms. The van der Waals surface area contributed by atoms with Gasteiger partial charge in [0.25, 0.3) is 0 Å². The van der Waals surface area contributed by atoms with E-state index >= 15 is 0 Å². The third-order valence-electron chi connectivity index (χ3n) is 4.10. The first-order chi connectivity index (χ1) is 12.6. The molecule has 0 fully saturated rings. The zero-order valence-electron chi connectivity index (χ0n) is 14.7. The molecule has 0 amide bonds. The van der Waals surface area contributed by atoms with Crippen molar-refractivity contribution >= 4 is 22.7 Å². The lowest BCUT2D eigenvalue weighted by molar-refractivity contribution is 0.0601. The Morgan fingerprint density at radius 3 is 2.54 bits per heavy atom. The zero-order valence-corrected chi connectivity index (χ0v) is 14.7. The molecule has 6 heteroatoms. The highest BCUT2D eigenvalue weighted by Crippen LogP contribution is 2.23. The van der Waals surface area contributed by atoms with Crippen LogP contribution in [0.25, 0.3) is 10.9 Å². The summed E-state index contributed by atoms with van der Waals surface area (Å²) in [6.45, 7) is 0.409. The zero-order chi connectivity index (χ0) is 18.5. The molecule has 0 radical (unpaired) electrons. The monoisotopic (exact) mass is 352 g/mol. The van der Waals surface area contributed by atoms with Gasteiger partial charge in [-0.3, -0.25) is 0 Å². The van der Waals surface area contributed by atoms with E-state index in [0.29, 0.717) is 23.5 Å². The van der Waals surface area contributed by atoms with E-state index in [9.17, 15) is 9.90 Å². The first-order valence-electron chi connectivity index (χ1n) is 8.14. The van der Waals surface area contributed by atoms with Gasteiger partial charge in [-0.2, -0.15) is 0 Å². The summed E-state index contributed by atoms with van der Waals surface area (Å²) in [5, 5.41) is 13.7. The van der Waals surface area contributed by atoms with Crippen LogP contribution in [-0.4, -0.2) is 30.3 Å². The number of nitrogens with one attached hydrogen (secondary N) is 1. The fourth-order valence-electron chi connectivity index (χ4n) is 2.67. The SMILES string of the molecule is COC(=O)c1ccc2nc(NCc3ccc(OC)cc3)c(CO)cc2c1. The summed E-state index contributed by atoms with van der Waals surface area (Å²) >= 11 is 0. The van der Waals surface area contributed by atoms with E-state index in [0.717, 1.165) is 22.2 Å². The molecule has 6 nitrogen and oxygen atoms in total. The summed E-state index contributed by atoms with van der Waals surface area (Å²) < 4.78 is 9.89. The Morgan fingerprint density at radius 1 is 1.12 bits per heavy atom. The van der Waals surface area contributed by atoms with Crippen molar-refractivity contribution < 1.29 is 19.4 Å². The Morgan fingerprint density at radius 2 is 1.88 bits per heavy atom. The third kappa shape index (κ3) is 3.75. The van der Waals surface area contributed by atoms with E-state index in [1.165, 1.54) is 7.11 Å². The normalized spacial score (nSPS) is 10.6. The molecule has 0 aliphatic rings. The van der Waals surface area contributed by atoms with Gasteiger partial charge in [0.05, 0.1) is 31.9 Å². The van der Waals surface area contributed by atoms with Crippen molar-refractivity contribution in [2.75, 3.05) is 19.5 Å². The third-order valence-corrected chi connectivity index (χ3v) is 4.10. The molecule has 0 unspecified atom stereocenters. The van der Waals surface area contributed by atoms with Crippen LogP contribution in [0, 0.1) is 0 Å². The van der Waals surface area contributed by atoms with Crippen molar-refractivity contribution in [2.24, 2.45) is 0 Å². The van der Waals surface area contributed by atoms with Crippen molar-refractivity contribution in [1.82, 2.24) is 4.98 Å². The van der Waals surface area contributed by atoms with Gasteiger partial charge in [0.15, 0.2) is 0 Å². The Kier molecular flexibility index (Phi) is 5.34. The molecular formula is C20H20N2O4. The number of aliphatic hydroxyl groups excluding tert-OH is 1. The molecule has 2 N–H and O–H groups in total. The van der Waals surface area contributed by atoms with Crippen molar-refractivity contribution in [3.8, 4) is 5.75 Å². The van der Waals surface area contributed by atoms with E-state index in [4.69, 9.17) is 9.47 Å². The minimum Gasteiger partial charge on any atom is -0.497 e. The van der Waals surface area contributed by atoms with Gasteiger partial charge in [-0.1, -0.05) is 12.1 Å². The summed E-state index contributed by atoms with van der Waals surface area (Å²) in [6, 6.07) is 14.7. The van der Waals surface area contributed by atoms with Crippen LogP contribution in [0.15, 0.2) is 48.5 Å². The number of hydrogen-bond acceptors (Lipinski definition) is 6. The van der Waals surface area contributed by atoms with Gasteiger partial charge in [-0.25, -0.2) is 9.78 Å². The second-order valence-electron chi connectivity index (χ2n) is 5.75. The molecule has 0 aliphatic carbocycles. The molecule has 0 aliphatic heterocycles. The highest BCUT2D eigenvalue weighted by Gasteiger charge is 2.10. The van der Waals surface area contributed by atoms with Crippen LogP contribution in [0.4, 0.5) is 5.82 Å². The number of fused-ring (bicyclic) bond motifs is 1. The van der Waals surface area contributed by atoms with Crippen molar-refractivity contribution in [3.05, 3.63) is 65.2 Å². The van der Waals surface area contributed by atoms with E-state index < -0.39 is 5.97 Å². The Labute approximate surface area is 151 Å². The Balaban J connectivity index is 1.86. The number of methoxy groups -OCH3 is 2. The second-order valence-corrected chi connectivity index (χ2v) is 5.75. The van der Waals surface area contributed by atoms with E-state index in [1.54, 1.807) is 25.3 Å². The molecule has 0 saturated carbocycles. The lowest BCUT2D eigenvalue weighted by Crippen LogP contribution is -2.06. The number of rotatable bonds is 6. The van der Waals surface area contributed by atoms with Gasteiger partial charge in [0.2, 0.25) is 0 Å². The Hall–Kier alpha value is -3.12. The van der Waals surface area contributed by atoms with E-state index in [-0.39, 0.29) is 6.61 Å². The van der Waals surface area contributed by atoms with E-state index in [2.05, 4.69) is 10.3 Å². The fourth-order valence-corrected chi connectivity index (χ4v) is 2.67. The Bertz CT molecular complexity index is 923. The summed E-state index contributed by atoms with van der Waals surface area (Å²) in [5.41, 5.74) is 2.90. The highest BCUT2D eigenvalue weighted by atomic mass is 16.5. The molecule has 1 aromatic heterocycles. The molecule has 3 aromatic rings. The van der Waals surface area contributed by atoms with Gasteiger partial charge in [0, 0.05) is 17.5 Å². The number of esters is 1. The molecule has 134 valence electrons. The average molecular weight is 352 g/mol. The number of aliphatic hydroxyl groups is 1. The number of nitrogens with zero attached hydrogens (tertiary/aromatic N) is 1. The summed E-state index contributed by atoms with van der Waals surface area (Å²) in [5.74, 6) is 1.01.